The van der Waals surface area contributed by atoms with Crippen LogP contribution in [0.4, 0.5) is 0 Å². The number of furan rings is 1. The molecule has 1 atom stereocenters. The third-order valence-corrected chi connectivity index (χ3v) is 9.13. The zero-order valence-corrected chi connectivity index (χ0v) is 25.7. The number of allylic oxidation sites excluding steroid dienone is 1. The molecule has 2 aromatic carbocycles. The molecule has 0 radical (unpaired) electrons. The van der Waals surface area contributed by atoms with E-state index in [0.717, 1.165) is 16.3 Å². The van der Waals surface area contributed by atoms with Crippen molar-refractivity contribution in [1.82, 2.24) is 19.4 Å². The third kappa shape index (κ3) is 5.30. The number of likely N-dealkylation sites (N-methyl/N-ethyl adjacent to an activating group) is 1. The maximum absolute atomic E-state index is 14.2. The normalized spacial score (nSPS) is 15.0. The Labute approximate surface area is 255 Å². The Morgan fingerprint density at radius 3 is 2.60 bits per heavy atom. The first-order valence-corrected chi connectivity index (χ1v) is 15.5. The van der Waals surface area contributed by atoms with E-state index in [1.807, 2.05) is 63.2 Å². The van der Waals surface area contributed by atoms with Crippen molar-refractivity contribution in [3.63, 3.8) is 0 Å². The maximum atomic E-state index is 14.2. The van der Waals surface area contributed by atoms with E-state index in [2.05, 4.69) is 9.97 Å². The van der Waals surface area contributed by atoms with Crippen LogP contribution in [-0.4, -0.2) is 45.5 Å². The number of ether oxygens (including phenoxy) is 1. The predicted octanol–water partition coefficient (Wildman–Crippen LogP) is 4.80. The Morgan fingerprint density at radius 2 is 1.86 bits per heavy atom. The molecule has 0 saturated carbocycles. The van der Waals surface area contributed by atoms with Crippen LogP contribution in [0.25, 0.3) is 16.8 Å². The number of thiazole rings is 1. The van der Waals surface area contributed by atoms with Gasteiger partial charge in [0.2, 0.25) is 0 Å². The Morgan fingerprint density at radius 1 is 1.09 bits per heavy atom. The molecular weight excluding hydrogens is 583 g/mol. The van der Waals surface area contributed by atoms with Crippen LogP contribution in [-0.2, 0) is 4.79 Å². The van der Waals surface area contributed by atoms with Crippen molar-refractivity contribution in [2.24, 2.45) is 4.99 Å². The molecule has 1 aliphatic rings. The monoisotopic (exact) mass is 611 g/mol. The van der Waals surface area contributed by atoms with E-state index in [1.165, 1.54) is 23.1 Å². The molecule has 0 aliphatic carbocycles. The summed E-state index contributed by atoms with van der Waals surface area (Å²) in [5, 5.41) is 3.05. The second-order valence-electron chi connectivity index (χ2n) is 9.75. The first-order chi connectivity index (χ1) is 20.9. The number of amides is 1. The summed E-state index contributed by atoms with van der Waals surface area (Å²) in [7, 11) is 1.60. The molecule has 3 aromatic heterocycles. The van der Waals surface area contributed by atoms with Gasteiger partial charge in [0.25, 0.3) is 11.5 Å². The minimum Gasteiger partial charge on any atom is -0.496 e. The largest absolute Gasteiger partial charge is 0.496 e. The second-order valence-corrected chi connectivity index (χ2v) is 11.7. The summed E-state index contributed by atoms with van der Waals surface area (Å²) >= 11 is 2.56. The summed E-state index contributed by atoms with van der Waals surface area (Å²) in [6, 6.07) is 16.4. The molecule has 218 valence electrons. The van der Waals surface area contributed by atoms with E-state index < -0.39 is 6.04 Å². The van der Waals surface area contributed by atoms with Crippen LogP contribution in [0.15, 0.2) is 103 Å². The molecule has 1 amide bonds. The molecule has 0 spiro atoms. The number of rotatable bonds is 8. The van der Waals surface area contributed by atoms with Gasteiger partial charge in [0, 0.05) is 37.1 Å². The second kappa shape index (κ2) is 12.0. The molecule has 4 heterocycles. The third-order valence-electron chi connectivity index (χ3n) is 7.34. The van der Waals surface area contributed by atoms with Crippen molar-refractivity contribution in [2.75, 3.05) is 20.2 Å². The number of hydrogen-bond acceptors (Lipinski definition) is 9. The highest BCUT2D eigenvalue weighted by atomic mass is 32.2. The highest BCUT2D eigenvalue weighted by Gasteiger charge is 2.36. The van der Waals surface area contributed by atoms with Crippen molar-refractivity contribution >= 4 is 45.9 Å². The number of hydrogen-bond donors (Lipinski definition) is 0. The van der Waals surface area contributed by atoms with Crippen molar-refractivity contribution in [1.29, 1.82) is 0 Å². The van der Waals surface area contributed by atoms with Crippen molar-refractivity contribution in [3.8, 4) is 5.75 Å². The molecule has 0 bridgehead atoms. The van der Waals surface area contributed by atoms with Crippen molar-refractivity contribution in [2.45, 2.75) is 37.1 Å². The number of benzene rings is 2. The van der Waals surface area contributed by atoms with Gasteiger partial charge < -0.3 is 14.1 Å². The molecule has 11 heteroatoms. The van der Waals surface area contributed by atoms with Gasteiger partial charge in [0.1, 0.15) is 17.6 Å². The summed E-state index contributed by atoms with van der Waals surface area (Å²) in [5.41, 5.74) is 1.51. The molecule has 0 saturated heterocycles. The topological polar surface area (TPSA) is 103 Å². The molecular formula is C32H29N5O4S2. The highest BCUT2D eigenvalue weighted by molar-refractivity contribution is 7.99. The van der Waals surface area contributed by atoms with E-state index in [4.69, 9.17) is 14.1 Å². The van der Waals surface area contributed by atoms with E-state index in [9.17, 15) is 9.59 Å². The van der Waals surface area contributed by atoms with Gasteiger partial charge in [-0.2, -0.15) is 0 Å². The van der Waals surface area contributed by atoms with Crippen LogP contribution in [0.3, 0.4) is 0 Å². The Balaban J connectivity index is 1.55. The van der Waals surface area contributed by atoms with Gasteiger partial charge in [-0.3, -0.25) is 14.2 Å². The predicted molar refractivity (Wildman–Crippen MR) is 167 cm³/mol. The molecule has 5 aromatic rings. The van der Waals surface area contributed by atoms with Crippen LogP contribution in [0.1, 0.15) is 38.1 Å². The first-order valence-electron chi connectivity index (χ1n) is 13.9. The Hall–Kier alpha value is -4.48. The average molecular weight is 612 g/mol. The van der Waals surface area contributed by atoms with Gasteiger partial charge >= 0.3 is 0 Å². The number of fused-ring (bicyclic) bond motifs is 2. The maximum Gasteiger partial charge on any atom is 0.271 e. The molecule has 0 N–H and O–H groups in total. The summed E-state index contributed by atoms with van der Waals surface area (Å²) in [6.07, 6.45) is 5.05. The molecule has 0 unspecified atom stereocenters. The Kier molecular flexibility index (Phi) is 8.00. The number of methoxy groups -OCH3 is 1. The first kappa shape index (κ1) is 28.6. The van der Waals surface area contributed by atoms with E-state index in [1.54, 1.807) is 47.2 Å². The fraction of sp³-hybridized carbons (Fsp3) is 0.219. The molecule has 1 aliphatic heterocycles. The summed E-state index contributed by atoms with van der Waals surface area (Å²) in [6.45, 7) is 6.78. The minimum absolute atomic E-state index is 0.156. The van der Waals surface area contributed by atoms with Gasteiger partial charge in [-0.25, -0.2) is 15.0 Å². The van der Waals surface area contributed by atoms with Gasteiger partial charge in [0.15, 0.2) is 15.1 Å². The lowest BCUT2D eigenvalue weighted by Crippen LogP contribution is -2.43. The Bertz CT molecular complexity index is 2040. The van der Waals surface area contributed by atoms with E-state index in [-0.39, 0.29) is 11.5 Å². The molecule has 43 heavy (non-hydrogen) atoms. The van der Waals surface area contributed by atoms with Gasteiger partial charge in [-0.05, 0) is 67.6 Å². The van der Waals surface area contributed by atoms with Crippen LogP contribution in [0, 0.1) is 0 Å². The SMILES string of the molecule is CCN(CC)C(=O)C1=C(C)N=c2s/c(=C\c3ccc(Sc4ncccn4)o3)c(=O)n2[C@H]1c1c(OC)ccc2ccccc12. The fourth-order valence-corrected chi connectivity index (χ4v) is 7.02. The molecule has 9 nitrogen and oxygen atoms in total. The molecule has 6 rings (SSSR count). The van der Waals surface area contributed by atoms with Crippen molar-refractivity contribution in [3.05, 3.63) is 109 Å². The van der Waals surface area contributed by atoms with Crippen LogP contribution < -0.4 is 19.6 Å². The summed E-state index contributed by atoms with van der Waals surface area (Å²) in [4.78, 5) is 43.8. The minimum atomic E-state index is -0.745. The van der Waals surface area contributed by atoms with Crippen LogP contribution in [0.2, 0.25) is 0 Å². The lowest BCUT2D eigenvalue weighted by molar-refractivity contribution is -0.127. The van der Waals surface area contributed by atoms with E-state index in [0.29, 0.717) is 55.5 Å². The lowest BCUT2D eigenvalue weighted by atomic mass is 9.90. The number of carbonyl (C=O) groups is 1. The van der Waals surface area contributed by atoms with Gasteiger partial charge in [0.05, 0.1) is 22.9 Å². The summed E-state index contributed by atoms with van der Waals surface area (Å²) in [5.74, 6) is 0.947. The quantitative estimate of drug-likeness (QED) is 0.232. The van der Waals surface area contributed by atoms with Crippen LogP contribution >= 0.6 is 23.1 Å². The molecule has 0 fully saturated rings. The van der Waals surface area contributed by atoms with Gasteiger partial charge in [-0.1, -0.05) is 41.7 Å². The zero-order valence-electron chi connectivity index (χ0n) is 24.1. The summed E-state index contributed by atoms with van der Waals surface area (Å²) < 4.78 is 13.9. The van der Waals surface area contributed by atoms with E-state index >= 15 is 0 Å². The highest BCUT2D eigenvalue weighted by Crippen LogP contribution is 2.40. The standard InChI is InChI=1S/C32H29N5O4S2/c1-5-36(6-2)30(39)26-19(3)35-32-37(28(26)27-22-11-8-7-10-20(22)12-14-23(27)40-4)29(38)24(42-32)18-21-13-15-25(41-21)43-31-33-16-9-17-34-31/h7-18,28H,5-6H2,1-4H3/b24-18-/t28-/m1/s1. The lowest BCUT2D eigenvalue weighted by Gasteiger charge is -2.30. The number of nitrogens with zero attached hydrogens (tertiary/aromatic N) is 5. The zero-order chi connectivity index (χ0) is 30.1. The smallest absolute Gasteiger partial charge is 0.271 e. The number of aromatic nitrogens is 3. The average Bonchev–Trinajstić information content (AvgIpc) is 3.59. The van der Waals surface area contributed by atoms with Crippen molar-refractivity contribution < 1.29 is 13.9 Å². The van der Waals surface area contributed by atoms with Gasteiger partial charge in [-0.15, -0.1) is 0 Å². The fourth-order valence-electron chi connectivity index (χ4n) is 5.31. The number of carbonyl (C=O) groups excluding carboxylic acids is 1. The van der Waals surface area contributed by atoms with Crippen LogP contribution in [0.5, 0.6) is 5.75 Å².